The Morgan fingerprint density at radius 3 is 1.30 bits per heavy atom. The molecule has 0 atom stereocenters. The fraction of sp³-hybridized carbons (Fsp3) is 0.0656. The van der Waals surface area contributed by atoms with Crippen molar-refractivity contribution in [3.05, 3.63) is 246 Å². The van der Waals surface area contributed by atoms with Crippen LogP contribution in [0.15, 0.2) is 243 Å². The number of halogens is 6. The first-order valence-electron chi connectivity index (χ1n) is 26.5. The summed E-state index contributed by atoms with van der Waals surface area (Å²) in [7, 11) is -12.6. The fourth-order valence-electron chi connectivity index (χ4n) is 8.17. The van der Waals surface area contributed by atoms with Crippen LogP contribution >= 0.6 is 91.3 Å². The van der Waals surface area contributed by atoms with Gasteiger partial charge in [-0.25, -0.2) is 63.6 Å². The molecule has 1 aliphatic rings. The van der Waals surface area contributed by atoms with Crippen molar-refractivity contribution in [1.29, 1.82) is 0 Å². The van der Waals surface area contributed by atoms with E-state index in [1.807, 2.05) is 109 Å². The molecule has 0 spiro atoms. The van der Waals surface area contributed by atoms with E-state index in [0.717, 1.165) is 37.2 Å². The zero-order valence-corrected chi connectivity index (χ0v) is 60.0. The standard InChI is InChI=1S/C16H13BrN2O3S.C15H10BrClN2O2S.C15H12BrN3O2S.C5H3BrN2O2S.C5H5BrN2.C5H6N2/c1-22-16-15(7-13(17)9-19-16)23(20,21)10-11-6-12-4-2-3-5-14(12)18-8-11;2*16-12-6-14(15(17)19-8-12)22(20,21)9-10-5-11-3-1-2-4-13(11)18-7-10;6-3-1-4-5(7-2-3)8-11(4,9)10;6-4-1-2-5(7)8-3-4;6-5-3-1-2-4-7-5/h2-9H,10H2,1H3;1-8H,9H2;1-8H,9H2,(H2,17,19);1-2H,(H,7,8);1-3H,(H2,7,8);1-4H,(H2,6,7). The molecule has 0 saturated carbocycles. The van der Waals surface area contributed by atoms with Gasteiger partial charge in [-0.1, -0.05) is 72.3 Å². The van der Waals surface area contributed by atoms with Gasteiger partial charge in [0.25, 0.3) is 10.0 Å². The molecule has 0 radical (unpaired) electrons. The van der Waals surface area contributed by atoms with Crippen LogP contribution in [0.5, 0.6) is 5.88 Å². The number of hydrogen-bond donors (Lipinski definition) is 4. The zero-order chi connectivity index (χ0) is 67.1. The highest BCUT2D eigenvalue weighted by Gasteiger charge is 2.31. The van der Waals surface area contributed by atoms with E-state index in [1.54, 1.807) is 49.3 Å². The Hall–Kier alpha value is -7.72. The van der Waals surface area contributed by atoms with E-state index in [2.05, 4.69) is 129 Å². The van der Waals surface area contributed by atoms with Gasteiger partial charge in [-0.3, -0.25) is 19.7 Å². The summed E-state index contributed by atoms with van der Waals surface area (Å²) in [6.07, 6.45) is 14.0. The third kappa shape index (κ3) is 20.1. The molecule has 93 heavy (non-hydrogen) atoms. The number of aromatic nitrogens is 9. The first kappa shape index (κ1) is 71.1. The summed E-state index contributed by atoms with van der Waals surface area (Å²) in [6, 6.07) is 43.1. The highest BCUT2D eigenvalue weighted by atomic mass is 79.9. The smallest absolute Gasteiger partial charge is 0.266 e. The van der Waals surface area contributed by atoms with Crippen LogP contribution < -0.4 is 26.7 Å². The number of para-hydroxylation sites is 3. The van der Waals surface area contributed by atoms with Crippen LogP contribution in [-0.4, -0.2) is 85.6 Å². The Morgan fingerprint density at radius 1 is 0.441 bits per heavy atom. The van der Waals surface area contributed by atoms with Gasteiger partial charge in [0.15, 0.2) is 35.3 Å². The molecule has 13 rings (SSSR count). The molecule has 0 fully saturated rings. The molecule has 1 aliphatic heterocycles. The van der Waals surface area contributed by atoms with Gasteiger partial charge in [-0.15, -0.1) is 0 Å². The second-order valence-electron chi connectivity index (χ2n) is 19.3. The third-order valence-corrected chi connectivity index (χ3v) is 21.4. The number of methoxy groups -OCH3 is 1. The van der Waals surface area contributed by atoms with E-state index in [1.165, 1.54) is 50.0 Å². The largest absolute Gasteiger partial charge is 0.480 e. The van der Waals surface area contributed by atoms with Crippen LogP contribution in [0.1, 0.15) is 16.7 Å². The number of hydrogen-bond acceptors (Lipinski definition) is 21. The number of nitrogens with zero attached hydrogens (tertiary/aromatic N) is 9. The molecule has 0 bridgehead atoms. The normalized spacial score (nSPS) is 11.9. The van der Waals surface area contributed by atoms with E-state index in [4.69, 9.17) is 33.5 Å². The van der Waals surface area contributed by atoms with Crippen LogP contribution in [0.3, 0.4) is 0 Å². The average molecular weight is 1670 g/mol. The monoisotopic (exact) mass is 1660 g/mol. The first-order chi connectivity index (χ1) is 44.2. The van der Waals surface area contributed by atoms with Crippen molar-refractivity contribution < 1.29 is 38.4 Å². The van der Waals surface area contributed by atoms with Gasteiger partial charge in [-0.2, -0.15) is 0 Å². The van der Waals surface area contributed by atoms with Gasteiger partial charge >= 0.3 is 0 Å². The molecule has 3 aromatic carbocycles. The number of pyridine rings is 9. The quantitative estimate of drug-likeness (QED) is 0.0924. The SMILES string of the molecule is COc1ncc(Br)cc1S(=O)(=O)Cc1cnc2ccccc2c1.Nc1ccc(Br)cn1.Nc1ccccn1.Nc1ncc(Br)cc1S(=O)(=O)Cc1cnc2ccccc2c1.O=S(=O)(Cc1cnc2ccccc2c1)c1cc(Br)cnc1Cl.O=S1(=O)Nc2ncc(Br)cc21. The molecule has 0 unspecified atom stereocenters. The van der Waals surface area contributed by atoms with Gasteiger partial charge in [0.2, 0.25) is 5.88 Å². The van der Waals surface area contributed by atoms with Crippen molar-refractivity contribution in [1.82, 2.24) is 44.9 Å². The molecule has 10 heterocycles. The second-order valence-corrected chi connectivity index (χ2v) is 31.7. The van der Waals surface area contributed by atoms with Gasteiger partial charge in [0, 0.05) is 94.3 Å². The number of fused-ring (bicyclic) bond motifs is 4. The van der Waals surface area contributed by atoms with Gasteiger partial charge in [-0.05, 0) is 181 Å². The maximum absolute atomic E-state index is 12.7. The maximum atomic E-state index is 12.7. The Morgan fingerprint density at radius 2 is 0.860 bits per heavy atom. The third-order valence-electron chi connectivity index (χ3n) is 12.4. The molecule has 9 aromatic heterocycles. The van der Waals surface area contributed by atoms with E-state index in [-0.39, 0.29) is 53.7 Å². The lowest BCUT2D eigenvalue weighted by Gasteiger charge is -2.19. The number of nitrogens with two attached hydrogens (primary N) is 3. The minimum atomic E-state index is -3.60. The van der Waals surface area contributed by atoms with Crippen LogP contribution in [0.4, 0.5) is 23.3 Å². The van der Waals surface area contributed by atoms with Crippen LogP contribution in [0.2, 0.25) is 5.15 Å². The topological polar surface area (TPSA) is 352 Å². The number of nitrogen functional groups attached to an aromatic ring is 3. The number of anilines is 4. The van der Waals surface area contributed by atoms with E-state index in [0.29, 0.717) is 52.0 Å². The molecule has 478 valence electrons. The first-order valence-corrected chi connectivity index (χ1v) is 37.3. The van der Waals surface area contributed by atoms with Crippen molar-refractivity contribution in [3.63, 3.8) is 0 Å². The second kappa shape index (κ2) is 31.9. The lowest BCUT2D eigenvalue weighted by atomic mass is 10.2. The summed E-state index contributed by atoms with van der Waals surface area (Å²) < 4.78 is 108. The number of nitrogens with one attached hydrogen (secondary N) is 1. The van der Waals surface area contributed by atoms with E-state index >= 15 is 0 Å². The minimum absolute atomic E-state index is 0.00283. The average Bonchev–Trinajstić information content (AvgIpc) is 0.776. The Bertz CT molecular complexity index is 4970. The van der Waals surface area contributed by atoms with E-state index < -0.39 is 39.5 Å². The molecule has 22 nitrogen and oxygen atoms in total. The molecule has 32 heteroatoms. The molecular formula is C61H49Br5ClN13O9S4. The zero-order valence-electron chi connectivity index (χ0n) is 48.0. The predicted octanol–water partition coefficient (Wildman–Crippen LogP) is 13.4. The van der Waals surface area contributed by atoms with Crippen LogP contribution in [0.25, 0.3) is 32.7 Å². The van der Waals surface area contributed by atoms with Crippen molar-refractivity contribution in [2.45, 2.75) is 36.8 Å². The predicted molar refractivity (Wildman–Crippen MR) is 377 cm³/mol. The number of rotatable bonds is 10. The lowest BCUT2D eigenvalue weighted by Crippen LogP contribution is -2.25. The maximum Gasteiger partial charge on any atom is 0.266 e. The molecule has 0 aliphatic carbocycles. The Labute approximate surface area is 581 Å². The number of sulfone groups is 3. The summed E-state index contributed by atoms with van der Waals surface area (Å²) in [4.78, 5) is 36.3. The summed E-state index contributed by atoms with van der Waals surface area (Å²) in [5.74, 6) is 1.11. The van der Waals surface area contributed by atoms with Crippen molar-refractivity contribution in [3.8, 4) is 5.88 Å². The molecular weight excluding hydrogens is 1620 g/mol. The van der Waals surface area contributed by atoms with Crippen molar-refractivity contribution in [2.24, 2.45) is 0 Å². The molecule has 7 N–H and O–H groups in total. The Balaban J connectivity index is 0.000000151. The summed E-state index contributed by atoms with van der Waals surface area (Å²) in [5, 5.41) is 2.67. The minimum Gasteiger partial charge on any atom is -0.480 e. The van der Waals surface area contributed by atoms with Crippen LogP contribution in [0, 0.1) is 0 Å². The molecule has 0 saturated heterocycles. The van der Waals surface area contributed by atoms with Crippen LogP contribution in [-0.2, 0) is 56.8 Å². The number of sulfonamides is 1. The van der Waals surface area contributed by atoms with E-state index in [9.17, 15) is 33.7 Å². The fourth-order valence-corrected chi connectivity index (χ4v) is 16.1. The number of benzene rings is 3. The van der Waals surface area contributed by atoms with Gasteiger partial charge in [0.1, 0.15) is 42.2 Å². The summed E-state index contributed by atoms with van der Waals surface area (Å²) >= 11 is 21.9. The summed E-state index contributed by atoms with van der Waals surface area (Å²) in [6.45, 7) is 0. The van der Waals surface area contributed by atoms with Crippen molar-refractivity contribution in [2.75, 3.05) is 29.0 Å². The highest BCUT2D eigenvalue weighted by Crippen LogP contribution is 2.33. The van der Waals surface area contributed by atoms with Crippen molar-refractivity contribution >= 4 is 187 Å². The summed E-state index contributed by atoms with van der Waals surface area (Å²) in [5.41, 5.74) is 20.5. The molecule has 12 aromatic rings. The van der Waals surface area contributed by atoms with Gasteiger partial charge < -0.3 is 21.9 Å². The Kier molecular flexibility index (Phi) is 24.4. The number of ether oxygens (including phenoxy) is 1. The molecule has 0 amide bonds. The highest BCUT2D eigenvalue weighted by molar-refractivity contribution is 9.11. The lowest BCUT2D eigenvalue weighted by molar-refractivity contribution is 0.385. The van der Waals surface area contributed by atoms with Gasteiger partial charge in [0.05, 0.1) is 40.9 Å².